The fourth-order valence-corrected chi connectivity index (χ4v) is 3.53. The zero-order chi connectivity index (χ0) is 20.3. The molecule has 28 heavy (non-hydrogen) atoms. The van der Waals surface area contributed by atoms with E-state index in [1.165, 1.54) is 11.1 Å². The predicted molar refractivity (Wildman–Crippen MR) is 106 cm³/mol. The van der Waals surface area contributed by atoms with E-state index in [1.54, 1.807) is 4.90 Å². The quantitative estimate of drug-likeness (QED) is 0.740. The van der Waals surface area contributed by atoms with Crippen LogP contribution < -0.4 is 9.64 Å². The number of esters is 1. The summed E-state index contributed by atoms with van der Waals surface area (Å²) < 4.78 is 16.5. The molecule has 0 bridgehead atoms. The maximum absolute atomic E-state index is 12.4. The van der Waals surface area contributed by atoms with Gasteiger partial charge in [0.25, 0.3) is 0 Å². The van der Waals surface area contributed by atoms with Crippen LogP contribution in [0.15, 0.2) is 12.1 Å². The van der Waals surface area contributed by atoms with E-state index < -0.39 is 5.60 Å². The van der Waals surface area contributed by atoms with Gasteiger partial charge in [0.2, 0.25) is 0 Å². The lowest BCUT2D eigenvalue weighted by molar-refractivity contribution is -0.141. The largest absolute Gasteiger partial charge is 0.490 e. The van der Waals surface area contributed by atoms with E-state index in [1.807, 2.05) is 32.6 Å². The summed E-state index contributed by atoms with van der Waals surface area (Å²) >= 11 is 0. The third kappa shape index (κ3) is 4.88. The number of fused-ring (bicyclic) bond motifs is 2. The Hall–Kier alpha value is -2.44. The number of amides is 1. The lowest BCUT2D eigenvalue weighted by Gasteiger charge is -2.31. The Labute approximate surface area is 166 Å². The number of hydrogen-bond donors (Lipinski definition) is 0. The molecule has 7 heteroatoms. The summed E-state index contributed by atoms with van der Waals surface area (Å²) in [7, 11) is 0. The second-order valence-corrected chi connectivity index (χ2v) is 8.13. The SMILES string of the molecule is CCOC(=O)CN1CCOc2cc3c(cc21)CCN(C(=O)OC(C)(C)C)CC3. The highest BCUT2D eigenvalue weighted by atomic mass is 16.6. The lowest BCUT2D eigenvalue weighted by Crippen LogP contribution is -2.38. The highest BCUT2D eigenvalue weighted by molar-refractivity contribution is 5.78. The first-order valence-electron chi connectivity index (χ1n) is 9.94. The molecular formula is C21H30N2O5. The van der Waals surface area contributed by atoms with E-state index in [9.17, 15) is 9.59 Å². The van der Waals surface area contributed by atoms with Crippen molar-refractivity contribution in [3.8, 4) is 5.75 Å². The molecule has 1 aromatic rings. The molecule has 1 amide bonds. The van der Waals surface area contributed by atoms with E-state index in [-0.39, 0.29) is 18.6 Å². The van der Waals surface area contributed by atoms with Gasteiger partial charge in [0, 0.05) is 13.1 Å². The summed E-state index contributed by atoms with van der Waals surface area (Å²) in [6, 6.07) is 4.15. The summed E-state index contributed by atoms with van der Waals surface area (Å²) in [5.41, 5.74) is 2.78. The van der Waals surface area contributed by atoms with Crippen LogP contribution in [0.4, 0.5) is 10.5 Å². The van der Waals surface area contributed by atoms with Crippen molar-refractivity contribution in [2.24, 2.45) is 0 Å². The van der Waals surface area contributed by atoms with Crippen LogP contribution >= 0.6 is 0 Å². The van der Waals surface area contributed by atoms with Crippen molar-refractivity contribution in [1.82, 2.24) is 4.90 Å². The fourth-order valence-electron chi connectivity index (χ4n) is 3.53. The molecule has 0 unspecified atom stereocenters. The molecule has 2 aliphatic rings. The van der Waals surface area contributed by atoms with Crippen LogP contribution in [0.3, 0.4) is 0 Å². The van der Waals surface area contributed by atoms with Crippen molar-refractivity contribution in [2.75, 3.05) is 44.3 Å². The van der Waals surface area contributed by atoms with Crippen molar-refractivity contribution in [3.05, 3.63) is 23.3 Å². The van der Waals surface area contributed by atoms with Gasteiger partial charge in [-0.25, -0.2) is 4.79 Å². The summed E-state index contributed by atoms with van der Waals surface area (Å²) in [4.78, 5) is 28.1. The topological polar surface area (TPSA) is 68.3 Å². The number of benzene rings is 1. The Balaban J connectivity index is 1.75. The highest BCUT2D eigenvalue weighted by Gasteiger charge is 2.27. The molecule has 0 atom stereocenters. The van der Waals surface area contributed by atoms with Crippen LogP contribution in [0.25, 0.3) is 0 Å². The van der Waals surface area contributed by atoms with Crippen LogP contribution in [0.2, 0.25) is 0 Å². The first-order chi connectivity index (χ1) is 13.3. The number of anilines is 1. The predicted octanol–water partition coefficient (Wildman–Crippen LogP) is 2.78. The standard InChI is InChI=1S/C21H30N2O5/c1-5-26-19(24)14-23-10-11-27-18-13-16-7-9-22(20(25)28-21(2,3)4)8-6-15(16)12-17(18)23/h12-13H,5-11,14H2,1-4H3. The van der Waals surface area contributed by atoms with Crippen LogP contribution in [0.5, 0.6) is 5.75 Å². The Morgan fingerprint density at radius 3 is 2.43 bits per heavy atom. The van der Waals surface area contributed by atoms with Crippen molar-refractivity contribution in [1.29, 1.82) is 0 Å². The van der Waals surface area contributed by atoms with Gasteiger partial charge in [0.1, 0.15) is 24.5 Å². The van der Waals surface area contributed by atoms with E-state index in [0.29, 0.717) is 32.8 Å². The minimum absolute atomic E-state index is 0.215. The number of nitrogens with zero attached hydrogens (tertiary/aromatic N) is 2. The highest BCUT2D eigenvalue weighted by Crippen LogP contribution is 2.36. The van der Waals surface area contributed by atoms with Gasteiger partial charge >= 0.3 is 12.1 Å². The third-order valence-corrected chi connectivity index (χ3v) is 4.82. The molecule has 0 spiro atoms. The van der Waals surface area contributed by atoms with Gasteiger partial charge in [-0.2, -0.15) is 0 Å². The number of hydrogen-bond acceptors (Lipinski definition) is 6. The van der Waals surface area contributed by atoms with E-state index in [2.05, 4.69) is 12.1 Å². The average Bonchev–Trinajstić information content (AvgIpc) is 2.81. The zero-order valence-corrected chi connectivity index (χ0v) is 17.2. The molecule has 1 aromatic carbocycles. The summed E-state index contributed by atoms with van der Waals surface area (Å²) in [5, 5.41) is 0. The molecule has 154 valence electrons. The van der Waals surface area contributed by atoms with Crippen LogP contribution in [0, 0.1) is 0 Å². The van der Waals surface area contributed by atoms with Crippen LogP contribution in [0.1, 0.15) is 38.8 Å². The molecule has 0 saturated heterocycles. The summed E-state index contributed by atoms with van der Waals surface area (Å²) in [6.45, 7) is 10.4. The van der Waals surface area contributed by atoms with Gasteiger partial charge in [-0.15, -0.1) is 0 Å². The molecule has 0 fully saturated rings. The van der Waals surface area contributed by atoms with E-state index in [0.717, 1.165) is 24.3 Å². The summed E-state index contributed by atoms with van der Waals surface area (Å²) in [5.74, 6) is 0.557. The molecule has 0 aromatic heterocycles. The molecule has 0 radical (unpaired) electrons. The number of carbonyl (C=O) groups is 2. The smallest absolute Gasteiger partial charge is 0.410 e. The molecule has 0 N–H and O–H groups in total. The van der Waals surface area contributed by atoms with Gasteiger partial charge in [0.05, 0.1) is 18.8 Å². The molecule has 3 rings (SSSR count). The maximum Gasteiger partial charge on any atom is 0.410 e. The Bertz CT molecular complexity index is 741. The normalized spacial score (nSPS) is 16.4. The molecule has 2 aliphatic heterocycles. The Kier molecular flexibility index (Phi) is 6.01. The van der Waals surface area contributed by atoms with E-state index in [4.69, 9.17) is 14.2 Å². The maximum atomic E-state index is 12.4. The number of carbonyl (C=O) groups excluding carboxylic acids is 2. The van der Waals surface area contributed by atoms with E-state index >= 15 is 0 Å². The Morgan fingerprint density at radius 1 is 1.11 bits per heavy atom. The third-order valence-electron chi connectivity index (χ3n) is 4.82. The van der Waals surface area contributed by atoms with Crippen molar-refractivity contribution < 1.29 is 23.8 Å². The van der Waals surface area contributed by atoms with Crippen molar-refractivity contribution in [3.63, 3.8) is 0 Å². The fraction of sp³-hybridized carbons (Fsp3) is 0.619. The minimum Gasteiger partial charge on any atom is -0.490 e. The van der Waals surface area contributed by atoms with Gasteiger partial charge in [-0.1, -0.05) is 0 Å². The molecule has 0 saturated carbocycles. The number of rotatable bonds is 3. The first kappa shape index (κ1) is 20.3. The average molecular weight is 390 g/mol. The van der Waals surface area contributed by atoms with Gasteiger partial charge in [0.15, 0.2) is 0 Å². The first-order valence-corrected chi connectivity index (χ1v) is 9.94. The minimum atomic E-state index is -0.503. The second-order valence-electron chi connectivity index (χ2n) is 8.13. The second kappa shape index (κ2) is 8.29. The van der Waals surface area contributed by atoms with Crippen LogP contribution in [-0.2, 0) is 27.1 Å². The zero-order valence-electron chi connectivity index (χ0n) is 17.2. The van der Waals surface area contributed by atoms with Gasteiger partial charge < -0.3 is 24.0 Å². The van der Waals surface area contributed by atoms with Gasteiger partial charge in [-0.3, -0.25) is 4.79 Å². The summed E-state index contributed by atoms with van der Waals surface area (Å²) in [6.07, 6.45) is 1.23. The van der Waals surface area contributed by atoms with Gasteiger partial charge in [-0.05, 0) is 63.8 Å². The van der Waals surface area contributed by atoms with Crippen LogP contribution in [-0.4, -0.2) is 62.0 Å². The monoisotopic (exact) mass is 390 g/mol. The Morgan fingerprint density at radius 2 is 1.79 bits per heavy atom. The molecular weight excluding hydrogens is 360 g/mol. The molecule has 7 nitrogen and oxygen atoms in total. The number of ether oxygens (including phenoxy) is 3. The molecule has 0 aliphatic carbocycles. The van der Waals surface area contributed by atoms with Crippen molar-refractivity contribution >= 4 is 17.7 Å². The molecule has 2 heterocycles. The lowest BCUT2D eigenvalue weighted by atomic mass is 10.0. The van der Waals surface area contributed by atoms with Crippen molar-refractivity contribution in [2.45, 2.75) is 46.1 Å².